The molecule has 164 valence electrons. The van der Waals surface area contributed by atoms with Gasteiger partial charge in [0.25, 0.3) is 0 Å². The Balaban J connectivity index is 0.000000318. The van der Waals surface area contributed by atoms with Crippen LogP contribution in [-0.4, -0.2) is 63.5 Å². The molecule has 0 saturated carbocycles. The summed E-state index contributed by atoms with van der Waals surface area (Å²) in [5, 5.41) is 12.7. The number of piperidine rings is 1. The fourth-order valence-corrected chi connectivity index (χ4v) is 4.33. The number of carboxylic acids is 1. The van der Waals surface area contributed by atoms with Gasteiger partial charge in [0, 0.05) is 36.9 Å². The largest absolute Gasteiger partial charge is 0.490 e. The Morgan fingerprint density at radius 1 is 1.30 bits per heavy atom. The molecule has 1 unspecified atom stereocenters. The number of hydrogen-bond acceptors (Lipinski definition) is 7. The molecule has 2 saturated heterocycles. The van der Waals surface area contributed by atoms with Crippen LogP contribution in [0.4, 0.5) is 19.1 Å². The number of likely N-dealkylation sites (tertiary alicyclic amines) is 1. The minimum absolute atomic E-state index is 0.0540. The van der Waals surface area contributed by atoms with Gasteiger partial charge in [-0.3, -0.25) is 4.90 Å². The number of ether oxygens (including phenoxy) is 1. The van der Waals surface area contributed by atoms with Crippen LogP contribution in [0.3, 0.4) is 0 Å². The van der Waals surface area contributed by atoms with Crippen LogP contribution < -0.4 is 5.32 Å². The third kappa shape index (κ3) is 6.38. The second kappa shape index (κ2) is 9.71. The van der Waals surface area contributed by atoms with Crippen LogP contribution in [0.5, 0.6) is 0 Å². The van der Waals surface area contributed by atoms with Crippen molar-refractivity contribution in [1.82, 2.24) is 14.9 Å². The van der Waals surface area contributed by atoms with Crippen molar-refractivity contribution in [3.8, 4) is 0 Å². The number of carboxylic acid groups (broad SMARTS) is 1. The van der Waals surface area contributed by atoms with E-state index in [-0.39, 0.29) is 5.60 Å². The molecule has 11 heteroatoms. The van der Waals surface area contributed by atoms with E-state index in [0.717, 1.165) is 45.5 Å². The van der Waals surface area contributed by atoms with Gasteiger partial charge in [0.15, 0.2) is 0 Å². The van der Waals surface area contributed by atoms with Gasteiger partial charge in [0.2, 0.25) is 5.95 Å². The van der Waals surface area contributed by atoms with Gasteiger partial charge in [0.1, 0.15) is 0 Å². The number of rotatable bonds is 4. The lowest BCUT2D eigenvalue weighted by Crippen LogP contribution is -2.44. The Hall–Kier alpha value is -2.24. The summed E-state index contributed by atoms with van der Waals surface area (Å²) < 4.78 is 37.9. The number of aromatic nitrogens is 2. The normalized spacial score (nSPS) is 21.1. The second-order valence-electron chi connectivity index (χ2n) is 7.27. The summed E-state index contributed by atoms with van der Waals surface area (Å²) in [5.41, 5.74) is 0.0540. The van der Waals surface area contributed by atoms with Crippen molar-refractivity contribution < 1.29 is 27.8 Å². The van der Waals surface area contributed by atoms with Crippen molar-refractivity contribution in [2.24, 2.45) is 0 Å². The molecule has 0 bridgehead atoms. The number of aliphatic carboxylic acids is 1. The van der Waals surface area contributed by atoms with Crippen molar-refractivity contribution in [3.05, 3.63) is 40.8 Å². The van der Waals surface area contributed by atoms with Crippen LogP contribution in [0.2, 0.25) is 0 Å². The van der Waals surface area contributed by atoms with E-state index < -0.39 is 12.1 Å². The average molecular weight is 444 g/mol. The lowest BCUT2D eigenvalue weighted by molar-refractivity contribution is -0.192. The summed E-state index contributed by atoms with van der Waals surface area (Å²) in [5.74, 6) is -2.05. The molecule has 1 spiro atoms. The number of halogens is 3. The monoisotopic (exact) mass is 444 g/mol. The molecule has 2 aromatic rings. The fraction of sp³-hybridized carbons (Fsp3) is 0.526. The summed E-state index contributed by atoms with van der Waals surface area (Å²) in [7, 11) is 0. The lowest BCUT2D eigenvalue weighted by atomic mass is 9.87. The highest BCUT2D eigenvalue weighted by atomic mass is 32.1. The minimum Gasteiger partial charge on any atom is -0.475 e. The van der Waals surface area contributed by atoms with Gasteiger partial charge in [-0.05, 0) is 36.8 Å². The second-order valence-corrected chi connectivity index (χ2v) is 8.30. The molecule has 30 heavy (non-hydrogen) atoms. The number of nitrogens with one attached hydrogen (secondary N) is 1. The van der Waals surface area contributed by atoms with Gasteiger partial charge in [-0.15, -0.1) is 11.3 Å². The zero-order valence-corrected chi connectivity index (χ0v) is 17.0. The molecule has 0 aliphatic carbocycles. The van der Waals surface area contributed by atoms with Crippen molar-refractivity contribution >= 4 is 23.3 Å². The van der Waals surface area contributed by atoms with Crippen LogP contribution in [0.25, 0.3) is 0 Å². The van der Waals surface area contributed by atoms with Crippen LogP contribution >= 0.6 is 11.3 Å². The molecule has 2 aliphatic heterocycles. The molecule has 4 rings (SSSR count). The zero-order chi connectivity index (χ0) is 21.6. The number of thiophene rings is 1. The lowest BCUT2D eigenvalue weighted by Gasteiger charge is -2.38. The van der Waals surface area contributed by atoms with Crippen molar-refractivity contribution in [1.29, 1.82) is 0 Å². The van der Waals surface area contributed by atoms with E-state index in [9.17, 15) is 13.2 Å². The Labute approximate surface area is 175 Å². The van der Waals surface area contributed by atoms with Crippen molar-refractivity contribution in [3.63, 3.8) is 0 Å². The Kier molecular flexibility index (Phi) is 7.27. The summed E-state index contributed by atoms with van der Waals surface area (Å²) >= 11 is 1.85. The molecule has 1 atom stereocenters. The minimum atomic E-state index is -5.08. The molecular formula is C19H23F3N4O3S. The van der Waals surface area contributed by atoms with E-state index in [1.165, 1.54) is 4.88 Å². The summed E-state index contributed by atoms with van der Waals surface area (Å²) in [4.78, 5) is 21.4. The molecule has 0 radical (unpaired) electrons. The molecule has 2 N–H and O–H groups in total. The average Bonchev–Trinajstić information content (AvgIpc) is 3.35. The third-order valence-corrected chi connectivity index (χ3v) is 5.94. The quantitative estimate of drug-likeness (QED) is 0.747. The van der Waals surface area contributed by atoms with E-state index in [2.05, 4.69) is 37.7 Å². The zero-order valence-electron chi connectivity index (χ0n) is 16.1. The molecule has 4 heterocycles. The summed E-state index contributed by atoms with van der Waals surface area (Å²) in [6.45, 7) is 4.06. The van der Waals surface area contributed by atoms with Gasteiger partial charge < -0.3 is 15.2 Å². The first kappa shape index (κ1) is 22.4. The van der Waals surface area contributed by atoms with Gasteiger partial charge in [-0.2, -0.15) is 13.2 Å². The number of hydrogen-bond donors (Lipinski definition) is 2. The molecular weight excluding hydrogens is 421 g/mol. The fourth-order valence-electron chi connectivity index (χ4n) is 3.58. The van der Waals surface area contributed by atoms with Crippen molar-refractivity contribution in [2.75, 3.05) is 25.0 Å². The molecule has 0 aromatic carbocycles. The van der Waals surface area contributed by atoms with Gasteiger partial charge in [0.05, 0.1) is 18.2 Å². The molecule has 2 aromatic heterocycles. The predicted octanol–water partition coefficient (Wildman–Crippen LogP) is 3.41. The highest BCUT2D eigenvalue weighted by Gasteiger charge is 2.42. The first-order chi connectivity index (χ1) is 14.3. The van der Waals surface area contributed by atoms with E-state index >= 15 is 0 Å². The van der Waals surface area contributed by atoms with Gasteiger partial charge in [-0.1, -0.05) is 6.07 Å². The van der Waals surface area contributed by atoms with Crippen LogP contribution in [0.15, 0.2) is 36.0 Å². The van der Waals surface area contributed by atoms with E-state index in [1.807, 2.05) is 17.4 Å². The Morgan fingerprint density at radius 2 is 1.97 bits per heavy atom. The van der Waals surface area contributed by atoms with E-state index in [4.69, 9.17) is 14.6 Å². The predicted molar refractivity (Wildman–Crippen MR) is 105 cm³/mol. The molecule has 7 nitrogen and oxygen atoms in total. The van der Waals surface area contributed by atoms with Crippen LogP contribution in [-0.2, 0) is 16.1 Å². The maximum absolute atomic E-state index is 10.6. The summed E-state index contributed by atoms with van der Waals surface area (Å²) in [6.07, 6.45) is 1.74. The highest BCUT2D eigenvalue weighted by Crippen LogP contribution is 2.37. The third-order valence-electron chi connectivity index (χ3n) is 5.08. The standard InChI is InChI=1S/C17H22N4OS.C2HF3O2/c1-3-15(23-10-1)12-21-8-4-17(5-9-21)11-14(13-22-17)20-16-18-6-2-7-19-16;3-2(4,5)1(6)7/h1-3,6-7,10,14H,4-5,8-9,11-13H2,(H,18,19,20);(H,6,7). The van der Waals surface area contributed by atoms with E-state index in [0.29, 0.717) is 12.0 Å². The first-order valence-corrected chi connectivity index (χ1v) is 10.4. The number of anilines is 1. The van der Waals surface area contributed by atoms with Crippen LogP contribution in [0.1, 0.15) is 24.1 Å². The molecule has 0 amide bonds. The smallest absolute Gasteiger partial charge is 0.475 e. The van der Waals surface area contributed by atoms with Crippen molar-refractivity contribution in [2.45, 2.75) is 43.6 Å². The number of alkyl halides is 3. The number of carbonyl (C=O) groups is 1. The van der Waals surface area contributed by atoms with Gasteiger partial charge in [-0.25, -0.2) is 14.8 Å². The maximum atomic E-state index is 10.6. The van der Waals surface area contributed by atoms with Crippen LogP contribution in [0, 0.1) is 0 Å². The van der Waals surface area contributed by atoms with E-state index in [1.54, 1.807) is 12.4 Å². The first-order valence-electron chi connectivity index (χ1n) is 9.48. The maximum Gasteiger partial charge on any atom is 0.490 e. The molecule has 2 aliphatic rings. The Morgan fingerprint density at radius 3 is 2.53 bits per heavy atom. The summed E-state index contributed by atoms with van der Waals surface area (Å²) in [6, 6.07) is 6.51. The highest BCUT2D eigenvalue weighted by molar-refractivity contribution is 7.09. The van der Waals surface area contributed by atoms with Gasteiger partial charge >= 0.3 is 12.1 Å². The molecule has 2 fully saturated rings. The SMILES string of the molecule is O=C(O)C(F)(F)F.c1cnc(NC2COC3(CCN(Cc4cccs4)CC3)C2)nc1. The number of nitrogens with zero attached hydrogens (tertiary/aromatic N) is 3. The topological polar surface area (TPSA) is 87.6 Å². The Bertz CT molecular complexity index is 797.